The van der Waals surface area contributed by atoms with E-state index in [-0.39, 0.29) is 24.3 Å². The molecule has 0 radical (unpaired) electrons. The molecule has 2 bridgehead atoms. The maximum Gasteiger partial charge on any atom is 0.250 e. The van der Waals surface area contributed by atoms with E-state index < -0.39 is 29.1 Å². The van der Waals surface area contributed by atoms with Gasteiger partial charge in [-0.1, -0.05) is 31.0 Å². The Kier molecular flexibility index (Phi) is 6.75. The van der Waals surface area contributed by atoms with Gasteiger partial charge in [-0.15, -0.1) is 0 Å². The molecular weight excluding hydrogens is 434 g/mol. The number of carbonyl (C=O) groups is 3. The largest absolute Gasteiger partial charge is 0.396 e. The summed E-state index contributed by atoms with van der Waals surface area (Å²) in [5.41, 5.74) is 0.895. The number of hydrogen-bond donors (Lipinski definition) is 3. The van der Waals surface area contributed by atoms with Crippen LogP contribution >= 0.6 is 0 Å². The van der Waals surface area contributed by atoms with Crippen LogP contribution in [0.2, 0.25) is 0 Å². The van der Waals surface area contributed by atoms with Crippen LogP contribution in [0, 0.1) is 25.7 Å². The first-order valence-electron chi connectivity index (χ1n) is 12.4. The van der Waals surface area contributed by atoms with Crippen molar-refractivity contribution in [1.82, 2.24) is 10.2 Å². The number of carbonyl (C=O) groups excluding carboxylic acids is 3. The lowest BCUT2D eigenvalue weighted by Crippen LogP contribution is -2.53. The molecule has 4 rings (SSSR count). The number of aliphatic hydroxyl groups is 1. The minimum atomic E-state index is -1.01. The van der Waals surface area contributed by atoms with E-state index in [4.69, 9.17) is 9.84 Å². The van der Waals surface area contributed by atoms with Gasteiger partial charge in [0, 0.05) is 25.9 Å². The Morgan fingerprint density at radius 1 is 1.12 bits per heavy atom. The van der Waals surface area contributed by atoms with E-state index in [1.807, 2.05) is 39.0 Å². The Bertz CT molecular complexity index is 961. The van der Waals surface area contributed by atoms with E-state index in [1.54, 1.807) is 11.9 Å². The molecule has 3 heterocycles. The smallest absolute Gasteiger partial charge is 0.250 e. The number of rotatable bonds is 9. The Balaban J connectivity index is 1.68. The second kappa shape index (κ2) is 9.30. The molecule has 3 amide bonds. The third kappa shape index (κ3) is 3.81. The molecule has 3 N–H and O–H groups in total. The first kappa shape index (κ1) is 24.7. The van der Waals surface area contributed by atoms with Crippen LogP contribution in [0.4, 0.5) is 5.69 Å². The Labute approximate surface area is 201 Å². The van der Waals surface area contributed by atoms with Crippen LogP contribution in [0.1, 0.15) is 56.6 Å². The average Bonchev–Trinajstić information content (AvgIpc) is 3.36. The lowest BCUT2D eigenvalue weighted by atomic mass is 9.66. The molecule has 186 valence electrons. The number of aryl methyl sites for hydroxylation is 2. The zero-order valence-corrected chi connectivity index (χ0v) is 20.6. The number of unbranched alkanes of at least 4 members (excludes halogenated alkanes) is 3. The van der Waals surface area contributed by atoms with Gasteiger partial charge in [0.2, 0.25) is 17.7 Å². The topological polar surface area (TPSA) is 108 Å². The monoisotopic (exact) mass is 471 g/mol. The second-order valence-corrected chi connectivity index (χ2v) is 10.3. The van der Waals surface area contributed by atoms with Gasteiger partial charge in [0.05, 0.1) is 17.4 Å². The third-order valence-corrected chi connectivity index (χ3v) is 8.09. The summed E-state index contributed by atoms with van der Waals surface area (Å²) in [5.74, 6) is -1.92. The van der Waals surface area contributed by atoms with Crippen molar-refractivity contribution in [1.29, 1.82) is 0 Å². The Morgan fingerprint density at radius 3 is 2.44 bits per heavy atom. The quantitative estimate of drug-likeness (QED) is 0.479. The number of ether oxygens (including phenoxy) is 1. The molecule has 0 aliphatic carbocycles. The van der Waals surface area contributed by atoms with Gasteiger partial charge in [-0.2, -0.15) is 0 Å². The van der Waals surface area contributed by atoms with Crippen LogP contribution in [0.3, 0.4) is 0 Å². The Morgan fingerprint density at radius 2 is 1.79 bits per heavy atom. The predicted octanol–water partition coefficient (Wildman–Crippen LogP) is 2.31. The van der Waals surface area contributed by atoms with Gasteiger partial charge in [-0.3, -0.25) is 14.4 Å². The van der Waals surface area contributed by atoms with Gasteiger partial charge in [0.15, 0.2) is 0 Å². The number of likely N-dealkylation sites (tertiary alicyclic amines) is 1. The lowest BCUT2D eigenvalue weighted by Gasteiger charge is -2.33. The van der Waals surface area contributed by atoms with Gasteiger partial charge < -0.3 is 25.4 Å². The molecule has 8 heteroatoms. The van der Waals surface area contributed by atoms with Gasteiger partial charge in [-0.05, 0) is 57.6 Å². The summed E-state index contributed by atoms with van der Waals surface area (Å²) in [6, 6.07) is 5.05. The fourth-order valence-corrected chi connectivity index (χ4v) is 6.47. The summed E-state index contributed by atoms with van der Waals surface area (Å²) in [6.45, 7) is 6.36. The summed E-state index contributed by atoms with van der Waals surface area (Å²) >= 11 is 0. The summed E-state index contributed by atoms with van der Waals surface area (Å²) in [5, 5.41) is 14.9. The fourth-order valence-electron chi connectivity index (χ4n) is 6.47. The summed E-state index contributed by atoms with van der Waals surface area (Å²) in [6.07, 6.45) is 4.36. The van der Waals surface area contributed by atoms with Crippen molar-refractivity contribution in [2.45, 2.75) is 76.5 Å². The highest BCUT2D eigenvalue weighted by Crippen LogP contribution is 2.63. The maximum atomic E-state index is 13.9. The number of nitrogens with zero attached hydrogens (tertiary/aromatic N) is 1. The molecule has 8 nitrogen and oxygen atoms in total. The molecule has 1 spiro atoms. The molecular formula is C26H37N3O5. The van der Waals surface area contributed by atoms with Crippen molar-refractivity contribution in [3.05, 3.63) is 29.3 Å². The van der Waals surface area contributed by atoms with Gasteiger partial charge in [-0.25, -0.2) is 0 Å². The SMILES string of the molecule is CNC(=O)[C@@H]1[C@H]2C(=O)N(CCCCCCO)C(C(=O)Nc3c(C)cccc3C)C23CC[C@@]1(C)O3. The van der Waals surface area contributed by atoms with Crippen molar-refractivity contribution >= 4 is 23.4 Å². The number of aliphatic hydroxyl groups excluding tert-OH is 1. The van der Waals surface area contributed by atoms with Crippen LogP contribution in [0.25, 0.3) is 0 Å². The van der Waals surface area contributed by atoms with Gasteiger partial charge in [0.25, 0.3) is 0 Å². The summed E-state index contributed by atoms with van der Waals surface area (Å²) < 4.78 is 6.57. The molecule has 3 aliphatic rings. The highest BCUT2D eigenvalue weighted by molar-refractivity contribution is 6.04. The molecule has 1 aromatic carbocycles. The minimum absolute atomic E-state index is 0.148. The predicted molar refractivity (Wildman–Crippen MR) is 128 cm³/mol. The first-order valence-corrected chi connectivity index (χ1v) is 12.4. The number of hydrogen-bond acceptors (Lipinski definition) is 5. The standard InChI is InChI=1S/C26H37N3O5/c1-16-10-9-11-17(2)20(16)28-23(32)21-26-13-12-25(3,34-26)18(22(31)27-4)19(26)24(33)29(21)14-7-5-6-8-15-30/h9-11,18-19,21,30H,5-8,12-15H2,1-4H3,(H,27,31)(H,28,32)/t18-,19-,21?,25+,26?/m0/s1. The number of fused-ring (bicyclic) bond motifs is 1. The molecule has 0 saturated carbocycles. The molecule has 34 heavy (non-hydrogen) atoms. The summed E-state index contributed by atoms with van der Waals surface area (Å²) in [7, 11) is 1.58. The van der Waals surface area contributed by atoms with Crippen molar-refractivity contribution in [3.8, 4) is 0 Å². The molecule has 3 aliphatic heterocycles. The van der Waals surface area contributed by atoms with E-state index >= 15 is 0 Å². The number of benzene rings is 1. The van der Waals surface area contributed by atoms with Crippen LogP contribution < -0.4 is 10.6 Å². The first-order chi connectivity index (χ1) is 16.2. The molecule has 5 atom stereocenters. The van der Waals surface area contributed by atoms with Crippen LogP contribution in [0.5, 0.6) is 0 Å². The normalized spacial score (nSPS) is 31.6. The fraction of sp³-hybridized carbons (Fsp3) is 0.654. The third-order valence-electron chi connectivity index (χ3n) is 8.09. The van der Waals surface area contributed by atoms with E-state index in [2.05, 4.69) is 10.6 Å². The molecule has 0 aromatic heterocycles. The maximum absolute atomic E-state index is 13.9. The van der Waals surface area contributed by atoms with Crippen molar-refractivity contribution in [2.75, 3.05) is 25.5 Å². The van der Waals surface area contributed by atoms with E-state index in [9.17, 15) is 14.4 Å². The number of nitrogens with one attached hydrogen (secondary N) is 2. The summed E-state index contributed by atoms with van der Waals surface area (Å²) in [4.78, 5) is 42.2. The lowest BCUT2D eigenvalue weighted by molar-refractivity contribution is -0.144. The van der Waals surface area contributed by atoms with Crippen LogP contribution in [-0.4, -0.2) is 65.2 Å². The highest BCUT2D eigenvalue weighted by atomic mass is 16.5. The minimum Gasteiger partial charge on any atom is -0.396 e. The molecule has 3 fully saturated rings. The zero-order chi connectivity index (χ0) is 24.7. The second-order valence-electron chi connectivity index (χ2n) is 10.3. The zero-order valence-electron chi connectivity index (χ0n) is 20.6. The molecule has 2 unspecified atom stereocenters. The number of anilines is 1. The number of para-hydroxylation sites is 1. The molecule has 3 saturated heterocycles. The van der Waals surface area contributed by atoms with Gasteiger partial charge >= 0.3 is 0 Å². The highest BCUT2D eigenvalue weighted by Gasteiger charge is 2.77. The van der Waals surface area contributed by atoms with E-state index in [0.717, 1.165) is 42.5 Å². The van der Waals surface area contributed by atoms with Crippen molar-refractivity contribution in [2.24, 2.45) is 11.8 Å². The van der Waals surface area contributed by atoms with Crippen LogP contribution in [0.15, 0.2) is 18.2 Å². The molecule has 1 aromatic rings. The average molecular weight is 472 g/mol. The van der Waals surface area contributed by atoms with Crippen LogP contribution in [-0.2, 0) is 19.1 Å². The Hall–Kier alpha value is -2.45. The van der Waals surface area contributed by atoms with E-state index in [1.165, 1.54) is 0 Å². The number of amides is 3. The van der Waals surface area contributed by atoms with E-state index in [0.29, 0.717) is 19.4 Å². The van der Waals surface area contributed by atoms with Crippen molar-refractivity contribution < 1.29 is 24.2 Å². The van der Waals surface area contributed by atoms with Crippen molar-refractivity contribution in [3.63, 3.8) is 0 Å². The van der Waals surface area contributed by atoms with Gasteiger partial charge in [0.1, 0.15) is 11.6 Å².